The number of fused-ring (bicyclic) bond motifs is 1. The van der Waals surface area contributed by atoms with Crippen molar-refractivity contribution >= 4 is 63.1 Å². The number of anilines is 1. The molecule has 1 saturated heterocycles. The molecule has 0 bridgehead atoms. The van der Waals surface area contributed by atoms with Crippen molar-refractivity contribution in [1.82, 2.24) is 40.3 Å². The second kappa shape index (κ2) is 27.9. The molecule has 5 atom stereocenters. The zero-order chi connectivity index (χ0) is 61.2. The number of aromatic nitrogens is 5. The van der Waals surface area contributed by atoms with Gasteiger partial charge in [0.15, 0.2) is 11.5 Å². The summed E-state index contributed by atoms with van der Waals surface area (Å²) in [6.45, 7) is 13.6. The number of aliphatic hydroxyl groups is 1. The highest BCUT2D eigenvalue weighted by Crippen LogP contribution is 2.36. The molecule has 22 heteroatoms. The Kier molecular flexibility index (Phi) is 20.7. The molecule has 18 nitrogen and oxygen atoms in total. The lowest BCUT2D eigenvalue weighted by atomic mass is 9.76. The number of amides is 4. The van der Waals surface area contributed by atoms with Gasteiger partial charge in [0.2, 0.25) is 11.8 Å². The van der Waals surface area contributed by atoms with Gasteiger partial charge in [0.25, 0.3) is 11.8 Å². The summed E-state index contributed by atoms with van der Waals surface area (Å²) in [6, 6.07) is 21.6. The van der Waals surface area contributed by atoms with Gasteiger partial charge in [0.05, 0.1) is 71.5 Å². The van der Waals surface area contributed by atoms with Crippen molar-refractivity contribution < 1.29 is 56.5 Å². The molecule has 3 aromatic heterocycles. The Hall–Kier alpha value is -7.92. The largest absolute Gasteiger partial charge is 0.416 e. The normalized spacial score (nSPS) is 15.6. The zero-order valence-electron chi connectivity index (χ0n) is 48.7. The Morgan fingerprint density at radius 3 is 2.26 bits per heavy atom. The number of nitrogens with zero attached hydrogens (tertiary/aromatic N) is 5. The number of aliphatic hydroxyl groups excluding tert-OH is 1. The van der Waals surface area contributed by atoms with Crippen molar-refractivity contribution in [1.29, 1.82) is 0 Å². The molecule has 0 aliphatic carbocycles. The number of ketones is 2. The van der Waals surface area contributed by atoms with Gasteiger partial charge in [-0.15, -0.1) is 11.3 Å². The van der Waals surface area contributed by atoms with E-state index in [1.54, 1.807) is 55.0 Å². The second-order valence-corrected chi connectivity index (χ2v) is 23.5. The van der Waals surface area contributed by atoms with Crippen molar-refractivity contribution in [3.63, 3.8) is 0 Å². The summed E-state index contributed by atoms with van der Waals surface area (Å²) in [7, 11) is 0. The van der Waals surface area contributed by atoms with Crippen LogP contribution in [0, 0.1) is 25.2 Å². The number of thiazole rings is 1. The maximum Gasteiger partial charge on any atom is 0.416 e. The summed E-state index contributed by atoms with van der Waals surface area (Å²) in [5.74, 6) is -3.04. The van der Waals surface area contributed by atoms with Crippen molar-refractivity contribution in [2.24, 2.45) is 11.3 Å². The molecule has 4 heterocycles. The first-order chi connectivity index (χ1) is 40.4. The number of aromatic amines is 1. The van der Waals surface area contributed by atoms with Crippen LogP contribution in [0.2, 0.25) is 0 Å². The van der Waals surface area contributed by atoms with E-state index < -0.39 is 53.1 Å². The van der Waals surface area contributed by atoms with Crippen LogP contribution < -0.4 is 16.0 Å². The molecule has 0 spiro atoms. The number of aryl methyl sites for hydroxylation is 4. The number of hydrogen-bond acceptors (Lipinski definition) is 13. The van der Waals surface area contributed by atoms with Crippen LogP contribution in [0.1, 0.15) is 127 Å². The van der Waals surface area contributed by atoms with Crippen LogP contribution in [0.3, 0.4) is 0 Å². The molecule has 5 N–H and O–H groups in total. The van der Waals surface area contributed by atoms with Crippen LogP contribution in [-0.4, -0.2) is 121 Å². The topological polar surface area (TPSA) is 240 Å². The van der Waals surface area contributed by atoms with Gasteiger partial charge < -0.3 is 40.0 Å². The van der Waals surface area contributed by atoms with Crippen LogP contribution in [0.25, 0.3) is 27.0 Å². The predicted octanol–water partition coefficient (Wildman–Crippen LogP) is 9.90. The predicted molar refractivity (Wildman–Crippen MR) is 316 cm³/mol. The number of carbonyl (C=O) groups excluding carboxylic acids is 6. The first kappa shape index (κ1) is 63.1. The Bertz CT molecular complexity index is 3520. The molecule has 4 aromatic carbocycles. The first-order valence-corrected chi connectivity index (χ1v) is 29.2. The fourth-order valence-electron chi connectivity index (χ4n) is 10.3. The first-order valence-electron chi connectivity index (χ1n) is 28.3. The van der Waals surface area contributed by atoms with Gasteiger partial charge in [0.1, 0.15) is 11.8 Å². The molecular weight excluding hydrogens is 1120 g/mol. The molecule has 8 rings (SSSR count). The minimum Gasteiger partial charge on any atom is -0.391 e. The minimum atomic E-state index is -4.68. The van der Waals surface area contributed by atoms with Gasteiger partial charge in [-0.25, -0.2) is 9.97 Å². The number of benzene rings is 4. The molecule has 450 valence electrons. The second-order valence-electron chi connectivity index (χ2n) is 22.7. The van der Waals surface area contributed by atoms with E-state index in [0.29, 0.717) is 41.5 Å². The van der Waals surface area contributed by atoms with Gasteiger partial charge in [-0.1, -0.05) is 69.3 Å². The number of H-pyrrole nitrogens is 1. The summed E-state index contributed by atoms with van der Waals surface area (Å²) in [4.78, 5) is 91.6. The third kappa shape index (κ3) is 16.5. The summed E-state index contributed by atoms with van der Waals surface area (Å²) in [5, 5.41) is 26.9. The van der Waals surface area contributed by atoms with Gasteiger partial charge in [-0.3, -0.25) is 33.9 Å². The number of hydrogen-bond donors (Lipinski definition) is 5. The van der Waals surface area contributed by atoms with Crippen molar-refractivity contribution in [3.8, 4) is 16.1 Å². The third-order valence-corrected chi connectivity index (χ3v) is 16.2. The molecule has 7 aromatic rings. The van der Waals surface area contributed by atoms with Gasteiger partial charge in [-0.05, 0) is 111 Å². The van der Waals surface area contributed by atoms with Crippen LogP contribution in [0.4, 0.5) is 18.9 Å². The lowest BCUT2D eigenvalue weighted by molar-refractivity contribution is -0.146. The lowest BCUT2D eigenvalue weighted by Gasteiger charge is -2.35. The molecule has 0 unspecified atom stereocenters. The summed E-state index contributed by atoms with van der Waals surface area (Å²) >= 11 is 1.56. The van der Waals surface area contributed by atoms with Crippen LogP contribution in [-0.2, 0) is 47.7 Å². The summed E-state index contributed by atoms with van der Waals surface area (Å²) in [5.41, 5.74) is 6.66. The van der Waals surface area contributed by atoms with Crippen molar-refractivity contribution in [2.75, 3.05) is 38.3 Å². The van der Waals surface area contributed by atoms with E-state index in [9.17, 15) is 47.0 Å². The van der Waals surface area contributed by atoms with Crippen molar-refractivity contribution in [2.45, 2.75) is 124 Å². The number of nitrogens with one attached hydrogen (secondary N) is 4. The SMILES string of the molecule is Cc1ncsc1-c1ccc([C@H](C)NC(=O)[C@@H]2C[C@@H](O)CN2C(=O)[C@H](CC(=O)CCOCCOCCCC(=O)[C@H](C)NC(=O)c2n[nH]c3cc(CCc4cccc(NC(=O)c5cc(-n6cncc6C)cc(C(F)(F)F)c5)c4)ccc23)C(C)(C)C)cc1. The van der Waals surface area contributed by atoms with E-state index in [0.717, 1.165) is 45.0 Å². The number of rotatable bonds is 26. The Balaban J connectivity index is 0.714. The number of ether oxygens (including phenoxy) is 2. The quantitative estimate of drug-likeness (QED) is 0.0319. The summed E-state index contributed by atoms with van der Waals surface area (Å²) < 4.78 is 54.4. The van der Waals surface area contributed by atoms with Crippen LogP contribution in [0.15, 0.2) is 103 Å². The van der Waals surface area contributed by atoms with E-state index in [2.05, 4.69) is 36.1 Å². The molecular formula is C63H72F3N9O9S. The molecule has 1 aliphatic heterocycles. The van der Waals surface area contributed by atoms with E-state index in [4.69, 9.17) is 9.47 Å². The standard InChI is InChI=1S/C63H72F3N9O9S/c1-37-33-67-35-75(37)48-29-45(28-46(30-48)63(64,65)66)58(79)71-47-11-8-10-41(26-47)13-14-42-15-20-51-53(27-42)72-73-56(51)60(81)70-39(3)55(78)12-9-22-83-24-25-84-23-21-49(76)31-52(62(5,6)7)61(82)74-34-50(77)32-54(74)59(80)69-38(2)43-16-18-44(19-17-43)57-40(4)68-36-85-57/h8,10-11,15-20,26-30,33,35-36,38-39,50,52,54,77H,9,12-14,21-25,31-32,34H2,1-7H3,(H,69,80)(H,70,81)(H,71,79)(H,72,73)/t38-,39-,50+,52-,54-/m0/s1. The lowest BCUT2D eigenvalue weighted by Crippen LogP contribution is -2.50. The highest BCUT2D eigenvalue weighted by atomic mass is 32.1. The molecule has 1 fully saturated rings. The molecule has 0 radical (unpaired) electrons. The third-order valence-electron chi connectivity index (χ3n) is 15.2. The average Bonchev–Trinajstić information content (AvgIpc) is 2.70. The maximum absolute atomic E-state index is 14.2. The maximum atomic E-state index is 14.2. The summed E-state index contributed by atoms with van der Waals surface area (Å²) in [6.07, 6.45) is -0.869. The van der Waals surface area contributed by atoms with Gasteiger partial charge in [0, 0.05) is 79.0 Å². The molecule has 85 heavy (non-hydrogen) atoms. The minimum absolute atomic E-state index is 0.00910. The number of β-amino-alcohol motifs (C(OH)–C–C–N with tert-alkyl or cyclic N) is 1. The fourth-order valence-corrected chi connectivity index (χ4v) is 11.1. The van der Waals surface area contributed by atoms with Gasteiger partial charge in [-0.2, -0.15) is 18.3 Å². The van der Waals surface area contributed by atoms with Gasteiger partial charge >= 0.3 is 6.18 Å². The van der Waals surface area contributed by atoms with E-state index in [1.165, 1.54) is 28.1 Å². The molecule has 4 amide bonds. The Labute approximate surface area is 495 Å². The monoisotopic (exact) mass is 1190 g/mol. The highest BCUT2D eigenvalue weighted by Gasteiger charge is 2.45. The number of halogens is 3. The zero-order valence-corrected chi connectivity index (χ0v) is 49.5. The Morgan fingerprint density at radius 2 is 1.58 bits per heavy atom. The average molecular weight is 1190 g/mol. The van der Waals surface area contributed by atoms with Crippen LogP contribution in [0.5, 0.6) is 0 Å². The van der Waals surface area contributed by atoms with E-state index in [1.807, 2.05) is 77.1 Å². The molecule has 0 saturated carbocycles. The Morgan fingerprint density at radius 1 is 0.847 bits per heavy atom. The van der Waals surface area contributed by atoms with E-state index >= 15 is 0 Å². The van der Waals surface area contributed by atoms with Crippen LogP contribution >= 0.6 is 11.3 Å². The number of imidazole rings is 1. The molecule has 1 aliphatic rings. The number of carbonyl (C=O) groups is 6. The smallest absolute Gasteiger partial charge is 0.391 e. The van der Waals surface area contributed by atoms with E-state index in [-0.39, 0.29) is 105 Å². The number of likely N-dealkylation sites (tertiary alicyclic amines) is 1. The van der Waals surface area contributed by atoms with Crippen molar-refractivity contribution in [3.05, 3.63) is 148 Å². The number of alkyl halides is 3. The fraction of sp³-hybridized carbons (Fsp3) is 0.413. The highest BCUT2D eigenvalue weighted by molar-refractivity contribution is 7.13. The number of Topliss-reactive ketones (excluding diaryl/α,β-unsaturated/α-hetero) is 2.